The number of nitrogen functional groups attached to an aromatic ring is 1. The Morgan fingerprint density at radius 3 is 2.62 bits per heavy atom. The second-order valence-electron chi connectivity index (χ2n) is 4.70. The molecule has 0 unspecified atom stereocenters. The highest BCUT2D eigenvalue weighted by Gasteiger charge is 2.08. The van der Waals surface area contributed by atoms with Crippen LogP contribution in [0.15, 0.2) is 30.5 Å². The molecule has 0 radical (unpaired) electrons. The SMILES string of the molecule is CCc1ccc(CNc2nc(NN)nc3[nH]ncc23)cc1. The number of aromatic nitrogens is 4. The Labute approximate surface area is 122 Å². The van der Waals surface area contributed by atoms with E-state index in [-0.39, 0.29) is 0 Å². The molecule has 0 aliphatic heterocycles. The molecule has 3 aromatic rings. The molecule has 0 saturated heterocycles. The molecule has 3 rings (SSSR count). The fourth-order valence-electron chi connectivity index (χ4n) is 2.11. The number of hydrogen-bond acceptors (Lipinski definition) is 6. The molecule has 0 saturated carbocycles. The summed E-state index contributed by atoms with van der Waals surface area (Å²) < 4.78 is 0. The third kappa shape index (κ3) is 2.77. The molecule has 21 heavy (non-hydrogen) atoms. The summed E-state index contributed by atoms with van der Waals surface area (Å²) in [5, 5.41) is 10.9. The van der Waals surface area contributed by atoms with Gasteiger partial charge >= 0.3 is 0 Å². The molecule has 2 heterocycles. The van der Waals surface area contributed by atoms with Gasteiger partial charge in [0.2, 0.25) is 5.95 Å². The first-order valence-electron chi connectivity index (χ1n) is 6.79. The van der Waals surface area contributed by atoms with Crippen molar-refractivity contribution in [3.63, 3.8) is 0 Å². The predicted molar refractivity (Wildman–Crippen MR) is 82.6 cm³/mol. The van der Waals surface area contributed by atoms with Crippen molar-refractivity contribution in [1.82, 2.24) is 20.2 Å². The van der Waals surface area contributed by atoms with Crippen molar-refractivity contribution >= 4 is 22.8 Å². The molecule has 0 atom stereocenters. The van der Waals surface area contributed by atoms with E-state index in [0.717, 1.165) is 11.8 Å². The Bertz CT molecular complexity index is 733. The van der Waals surface area contributed by atoms with Gasteiger partial charge in [0, 0.05) is 6.54 Å². The summed E-state index contributed by atoms with van der Waals surface area (Å²) in [6, 6.07) is 8.50. The molecule has 0 fully saturated rings. The van der Waals surface area contributed by atoms with E-state index in [1.165, 1.54) is 11.1 Å². The Morgan fingerprint density at radius 2 is 1.90 bits per heavy atom. The molecule has 0 spiro atoms. The second-order valence-corrected chi connectivity index (χ2v) is 4.70. The van der Waals surface area contributed by atoms with Crippen LogP contribution in [-0.2, 0) is 13.0 Å². The molecular formula is C14H17N7. The van der Waals surface area contributed by atoms with Crippen LogP contribution in [0.1, 0.15) is 18.1 Å². The van der Waals surface area contributed by atoms with Gasteiger partial charge < -0.3 is 5.32 Å². The van der Waals surface area contributed by atoms with E-state index in [0.29, 0.717) is 24.0 Å². The van der Waals surface area contributed by atoms with Crippen molar-refractivity contribution < 1.29 is 0 Å². The molecule has 0 bridgehead atoms. The summed E-state index contributed by atoms with van der Waals surface area (Å²) in [7, 11) is 0. The first-order chi connectivity index (χ1) is 10.3. The number of nitrogens with two attached hydrogens (primary N) is 1. The van der Waals surface area contributed by atoms with Crippen molar-refractivity contribution in [1.29, 1.82) is 0 Å². The monoisotopic (exact) mass is 283 g/mol. The molecule has 1 aromatic carbocycles. The van der Waals surface area contributed by atoms with Crippen LogP contribution in [0.3, 0.4) is 0 Å². The molecule has 0 amide bonds. The third-order valence-corrected chi connectivity index (χ3v) is 3.33. The maximum atomic E-state index is 5.38. The van der Waals surface area contributed by atoms with E-state index in [2.05, 4.69) is 62.1 Å². The third-order valence-electron chi connectivity index (χ3n) is 3.33. The number of nitrogens with one attached hydrogen (secondary N) is 3. The molecule has 7 nitrogen and oxygen atoms in total. The average molecular weight is 283 g/mol. The van der Waals surface area contributed by atoms with E-state index in [1.54, 1.807) is 6.20 Å². The lowest BCUT2D eigenvalue weighted by molar-refractivity contribution is 1.06. The Morgan fingerprint density at radius 1 is 1.14 bits per heavy atom. The summed E-state index contributed by atoms with van der Waals surface area (Å²) in [4.78, 5) is 8.51. The topological polar surface area (TPSA) is 105 Å². The summed E-state index contributed by atoms with van der Waals surface area (Å²) >= 11 is 0. The maximum absolute atomic E-state index is 5.38. The molecule has 7 heteroatoms. The van der Waals surface area contributed by atoms with Gasteiger partial charge in [0.25, 0.3) is 0 Å². The molecule has 5 N–H and O–H groups in total. The maximum Gasteiger partial charge on any atom is 0.241 e. The minimum absolute atomic E-state index is 0.343. The fourth-order valence-corrected chi connectivity index (χ4v) is 2.11. The Balaban J connectivity index is 1.81. The number of H-pyrrole nitrogens is 1. The molecule has 108 valence electrons. The number of anilines is 2. The highest BCUT2D eigenvalue weighted by molar-refractivity contribution is 5.86. The quantitative estimate of drug-likeness (QED) is 0.420. The minimum Gasteiger partial charge on any atom is -0.365 e. The molecule has 0 aliphatic rings. The first kappa shape index (κ1) is 13.3. The zero-order valence-corrected chi connectivity index (χ0v) is 11.7. The van der Waals surface area contributed by atoms with E-state index >= 15 is 0 Å². The zero-order valence-electron chi connectivity index (χ0n) is 11.7. The lowest BCUT2D eigenvalue weighted by atomic mass is 10.1. The lowest BCUT2D eigenvalue weighted by Crippen LogP contribution is -2.12. The summed E-state index contributed by atoms with van der Waals surface area (Å²) in [5.41, 5.74) is 5.60. The van der Waals surface area contributed by atoms with Gasteiger partial charge in [-0.25, -0.2) is 5.84 Å². The van der Waals surface area contributed by atoms with Gasteiger partial charge in [-0.15, -0.1) is 0 Å². The van der Waals surface area contributed by atoms with Crippen LogP contribution in [0.5, 0.6) is 0 Å². The summed E-state index contributed by atoms with van der Waals surface area (Å²) in [6.07, 6.45) is 2.74. The summed E-state index contributed by atoms with van der Waals surface area (Å²) in [5.74, 6) is 6.42. The van der Waals surface area contributed by atoms with Crippen molar-refractivity contribution in [3.05, 3.63) is 41.6 Å². The number of hydrogen-bond donors (Lipinski definition) is 4. The van der Waals surface area contributed by atoms with Crippen molar-refractivity contribution in [2.75, 3.05) is 10.7 Å². The van der Waals surface area contributed by atoms with Gasteiger partial charge in [0.15, 0.2) is 5.65 Å². The van der Waals surface area contributed by atoms with Crippen molar-refractivity contribution in [3.8, 4) is 0 Å². The lowest BCUT2D eigenvalue weighted by Gasteiger charge is -2.08. The number of aryl methyl sites for hydroxylation is 1. The largest absolute Gasteiger partial charge is 0.365 e. The number of nitrogens with zero attached hydrogens (tertiary/aromatic N) is 3. The average Bonchev–Trinajstić information content (AvgIpc) is 3.01. The normalized spacial score (nSPS) is 10.8. The van der Waals surface area contributed by atoms with Crippen LogP contribution >= 0.6 is 0 Å². The number of aromatic amines is 1. The Kier molecular flexibility index (Phi) is 3.65. The van der Waals surface area contributed by atoms with Gasteiger partial charge in [-0.05, 0) is 17.5 Å². The van der Waals surface area contributed by atoms with Crippen LogP contribution in [0.2, 0.25) is 0 Å². The number of rotatable bonds is 5. The van der Waals surface area contributed by atoms with E-state index in [4.69, 9.17) is 5.84 Å². The van der Waals surface area contributed by atoms with E-state index in [9.17, 15) is 0 Å². The van der Waals surface area contributed by atoms with Crippen LogP contribution in [0.25, 0.3) is 11.0 Å². The number of benzene rings is 1. The number of hydrazine groups is 1. The minimum atomic E-state index is 0.343. The van der Waals surface area contributed by atoms with E-state index in [1.807, 2.05) is 0 Å². The fraction of sp³-hybridized carbons (Fsp3) is 0.214. The van der Waals surface area contributed by atoms with E-state index < -0.39 is 0 Å². The van der Waals surface area contributed by atoms with Crippen LogP contribution in [0, 0.1) is 0 Å². The van der Waals surface area contributed by atoms with Gasteiger partial charge in [-0.3, -0.25) is 10.5 Å². The standard InChI is InChI=1S/C14H17N7/c1-2-9-3-5-10(6-4-9)7-16-12-11-8-17-21-13(11)19-14(18-12)20-15/h3-6,8H,2,7,15H2,1H3,(H3,16,17,18,19,20,21). The Hall–Kier alpha value is -2.67. The van der Waals surface area contributed by atoms with Crippen LogP contribution in [-0.4, -0.2) is 20.2 Å². The predicted octanol–water partition coefficient (Wildman–Crippen LogP) is 1.81. The second kappa shape index (κ2) is 5.76. The highest BCUT2D eigenvalue weighted by atomic mass is 15.3. The van der Waals surface area contributed by atoms with Gasteiger partial charge in [0.1, 0.15) is 5.82 Å². The van der Waals surface area contributed by atoms with Gasteiger partial charge in [-0.1, -0.05) is 31.2 Å². The number of fused-ring (bicyclic) bond motifs is 1. The zero-order chi connectivity index (χ0) is 14.7. The van der Waals surface area contributed by atoms with Gasteiger partial charge in [0.05, 0.1) is 11.6 Å². The smallest absolute Gasteiger partial charge is 0.241 e. The van der Waals surface area contributed by atoms with Crippen molar-refractivity contribution in [2.45, 2.75) is 19.9 Å². The molecule has 0 aliphatic carbocycles. The summed E-state index contributed by atoms with van der Waals surface area (Å²) in [6.45, 7) is 2.82. The highest BCUT2D eigenvalue weighted by Crippen LogP contribution is 2.20. The molecule has 2 aromatic heterocycles. The van der Waals surface area contributed by atoms with Crippen LogP contribution in [0.4, 0.5) is 11.8 Å². The van der Waals surface area contributed by atoms with Crippen molar-refractivity contribution in [2.24, 2.45) is 5.84 Å². The van der Waals surface area contributed by atoms with Gasteiger partial charge in [-0.2, -0.15) is 15.1 Å². The van der Waals surface area contributed by atoms with Crippen LogP contribution < -0.4 is 16.6 Å². The first-order valence-corrected chi connectivity index (χ1v) is 6.79. The molecular weight excluding hydrogens is 266 g/mol.